The van der Waals surface area contributed by atoms with Crippen LogP contribution in [0, 0.1) is 0 Å². The van der Waals surface area contributed by atoms with E-state index in [0.29, 0.717) is 18.3 Å². The highest BCUT2D eigenvalue weighted by molar-refractivity contribution is 9.10. The first-order chi connectivity index (χ1) is 8.31. The molecule has 0 aliphatic rings. The van der Waals surface area contributed by atoms with Gasteiger partial charge in [0, 0.05) is 16.0 Å². The molecule has 17 heavy (non-hydrogen) atoms. The van der Waals surface area contributed by atoms with Crippen molar-refractivity contribution in [2.45, 2.75) is 6.54 Å². The van der Waals surface area contributed by atoms with Gasteiger partial charge in [0.25, 0.3) is 0 Å². The molecule has 0 saturated carbocycles. The highest BCUT2D eigenvalue weighted by Gasteiger charge is 2.11. The maximum atomic E-state index is 5.14. The lowest BCUT2D eigenvalue weighted by molar-refractivity contribution is 0.364. The van der Waals surface area contributed by atoms with E-state index in [0.717, 1.165) is 9.35 Å². The molecule has 3 aromatic heterocycles. The van der Waals surface area contributed by atoms with Crippen LogP contribution in [0.3, 0.4) is 0 Å². The molecule has 0 amide bonds. The fourth-order valence-electron chi connectivity index (χ4n) is 1.31. The predicted octanol–water partition coefficient (Wildman–Crippen LogP) is 2.20. The summed E-state index contributed by atoms with van der Waals surface area (Å²) in [6.45, 7) is 0.430. The van der Waals surface area contributed by atoms with Crippen LogP contribution in [-0.4, -0.2) is 25.1 Å². The highest BCUT2D eigenvalue weighted by Crippen LogP contribution is 2.27. The van der Waals surface area contributed by atoms with Crippen molar-refractivity contribution >= 4 is 27.3 Å². The molecule has 0 saturated heterocycles. The van der Waals surface area contributed by atoms with Gasteiger partial charge in [-0.25, -0.2) is 4.68 Å². The van der Waals surface area contributed by atoms with Crippen LogP contribution in [0.2, 0.25) is 0 Å². The third-order valence-electron chi connectivity index (χ3n) is 2.03. The molecule has 0 aromatic carbocycles. The number of thiophene rings is 1. The number of hydrogen-bond donors (Lipinski definition) is 0. The van der Waals surface area contributed by atoms with E-state index >= 15 is 0 Å². The Kier molecular flexibility index (Phi) is 2.73. The van der Waals surface area contributed by atoms with Crippen molar-refractivity contribution in [2.24, 2.45) is 0 Å². The number of hydrogen-bond acceptors (Lipinski definition) is 6. The van der Waals surface area contributed by atoms with E-state index in [2.05, 4.69) is 36.4 Å². The topological polar surface area (TPSA) is 69.6 Å². The molecule has 0 unspecified atom stereocenters. The Hall–Kier alpha value is -1.54. The van der Waals surface area contributed by atoms with Gasteiger partial charge in [0.1, 0.15) is 6.54 Å². The lowest BCUT2D eigenvalue weighted by Gasteiger charge is -1.91. The van der Waals surface area contributed by atoms with Gasteiger partial charge < -0.3 is 4.52 Å². The Balaban J connectivity index is 1.83. The van der Waals surface area contributed by atoms with Crippen LogP contribution in [0.25, 0.3) is 10.7 Å². The summed E-state index contributed by atoms with van der Waals surface area (Å²) in [6.07, 6.45) is 3.35. The molecule has 6 nitrogen and oxygen atoms in total. The van der Waals surface area contributed by atoms with Crippen LogP contribution in [0.5, 0.6) is 0 Å². The average Bonchev–Trinajstić information content (AvgIpc) is 2.99. The fourth-order valence-corrected chi connectivity index (χ4v) is 2.66. The standard InChI is InChI=1S/C9H6BrN5OS/c10-6-3-7(17-5-6)9-12-8(16-13-9)4-15-2-1-11-14-15/h1-3,5H,4H2. The van der Waals surface area contributed by atoms with Crippen molar-refractivity contribution in [3.8, 4) is 10.7 Å². The summed E-state index contributed by atoms with van der Waals surface area (Å²) in [5, 5.41) is 13.4. The normalized spacial score (nSPS) is 10.9. The zero-order chi connectivity index (χ0) is 11.7. The molecule has 0 aliphatic heterocycles. The van der Waals surface area contributed by atoms with Crippen molar-refractivity contribution in [3.63, 3.8) is 0 Å². The Labute approximate surface area is 108 Å². The Morgan fingerprint density at radius 3 is 3.12 bits per heavy atom. The minimum absolute atomic E-state index is 0.430. The molecular weight excluding hydrogens is 306 g/mol. The first-order valence-electron chi connectivity index (χ1n) is 4.72. The summed E-state index contributed by atoms with van der Waals surface area (Å²) in [7, 11) is 0. The third-order valence-corrected chi connectivity index (χ3v) is 3.71. The van der Waals surface area contributed by atoms with Gasteiger partial charge in [0.15, 0.2) is 0 Å². The van der Waals surface area contributed by atoms with Gasteiger partial charge in [0.2, 0.25) is 11.7 Å². The average molecular weight is 312 g/mol. The monoisotopic (exact) mass is 311 g/mol. The molecule has 3 heterocycles. The molecule has 0 atom stereocenters. The Bertz CT molecular complexity index is 617. The summed E-state index contributed by atoms with van der Waals surface area (Å²) in [5.41, 5.74) is 0. The SMILES string of the molecule is Brc1csc(-c2noc(Cn3ccnn3)n2)c1. The second kappa shape index (κ2) is 4.38. The van der Waals surface area contributed by atoms with Gasteiger partial charge in [-0.3, -0.25) is 0 Å². The lowest BCUT2D eigenvalue weighted by Crippen LogP contribution is -2.00. The molecule has 0 spiro atoms. The highest BCUT2D eigenvalue weighted by atomic mass is 79.9. The van der Waals surface area contributed by atoms with E-state index in [1.54, 1.807) is 28.4 Å². The molecule has 8 heteroatoms. The van der Waals surface area contributed by atoms with Crippen LogP contribution < -0.4 is 0 Å². The van der Waals surface area contributed by atoms with Crippen LogP contribution >= 0.6 is 27.3 Å². The third kappa shape index (κ3) is 2.27. The van der Waals surface area contributed by atoms with E-state index in [1.165, 1.54) is 0 Å². The second-order valence-corrected chi connectivity index (χ2v) is 5.07. The Morgan fingerprint density at radius 1 is 1.47 bits per heavy atom. The summed E-state index contributed by atoms with van der Waals surface area (Å²) in [4.78, 5) is 5.26. The molecule has 3 rings (SSSR count). The van der Waals surface area contributed by atoms with Crippen LogP contribution in [-0.2, 0) is 6.54 Å². The van der Waals surface area contributed by atoms with Crippen LogP contribution in [0.15, 0.2) is 32.8 Å². The molecule has 0 radical (unpaired) electrons. The smallest absolute Gasteiger partial charge is 0.248 e. The summed E-state index contributed by atoms with van der Waals surface area (Å²) in [5.74, 6) is 1.10. The van der Waals surface area contributed by atoms with Crippen LogP contribution in [0.4, 0.5) is 0 Å². The van der Waals surface area contributed by atoms with E-state index in [-0.39, 0.29) is 0 Å². The molecule has 0 aliphatic carbocycles. The number of aromatic nitrogens is 5. The molecule has 0 bridgehead atoms. The minimum atomic E-state index is 0.430. The molecule has 3 aromatic rings. The predicted molar refractivity (Wildman–Crippen MR) is 64.4 cm³/mol. The van der Waals surface area contributed by atoms with Crippen molar-refractivity contribution < 1.29 is 4.52 Å². The first-order valence-corrected chi connectivity index (χ1v) is 6.39. The maximum absolute atomic E-state index is 5.14. The number of nitrogens with zero attached hydrogens (tertiary/aromatic N) is 5. The van der Waals surface area contributed by atoms with Gasteiger partial charge in [-0.05, 0) is 22.0 Å². The van der Waals surface area contributed by atoms with E-state index in [1.807, 2.05) is 11.4 Å². The zero-order valence-electron chi connectivity index (χ0n) is 8.45. The van der Waals surface area contributed by atoms with Gasteiger partial charge in [-0.15, -0.1) is 16.4 Å². The van der Waals surface area contributed by atoms with Crippen molar-refractivity contribution in [3.05, 3.63) is 34.2 Å². The van der Waals surface area contributed by atoms with E-state index in [9.17, 15) is 0 Å². The zero-order valence-corrected chi connectivity index (χ0v) is 10.8. The lowest BCUT2D eigenvalue weighted by atomic mass is 10.4. The summed E-state index contributed by atoms with van der Waals surface area (Å²) < 4.78 is 7.78. The summed E-state index contributed by atoms with van der Waals surface area (Å²) >= 11 is 4.94. The van der Waals surface area contributed by atoms with Gasteiger partial charge in [0.05, 0.1) is 11.1 Å². The van der Waals surface area contributed by atoms with Gasteiger partial charge >= 0.3 is 0 Å². The second-order valence-electron chi connectivity index (χ2n) is 3.24. The molecule has 86 valence electrons. The largest absolute Gasteiger partial charge is 0.337 e. The molecule has 0 N–H and O–H groups in total. The van der Waals surface area contributed by atoms with Gasteiger partial charge in [-0.2, -0.15) is 4.98 Å². The van der Waals surface area contributed by atoms with Crippen molar-refractivity contribution in [1.29, 1.82) is 0 Å². The fraction of sp³-hybridized carbons (Fsp3) is 0.111. The first kappa shape index (κ1) is 10.6. The van der Waals surface area contributed by atoms with Crippen molar-refractivity contribution in [2.75, 3.05) is 0 Å². The maximum Gasteiger partial charge on any atom is 0.248 e. The quantitative estimate of drug-likeness (QED) is 0.741. The summed E-state index contributed by atoms with van der Waals surface area (Å²) in [6, 6.07) is 1.95. The number of rotatable bonds is 3. The molecular formula is C9H6BrN5OS. The van der Waals surface area contributed by atoms with Crippen LogP contribution in [0.1, 0.15) is 5.89 Å². The molecule has 0 fully saturated rings. The number of halogens is 1. The van der Waals surface area contributed by atoms with Crippen molar-refractivity contribution in [1.82, 2.24) is 25.1 Å². The van der Waals surface area contributed by atoms with E-state index in [4.69, 9.17) is 4.52 Å². The Morgan fingerprint density at radius 2 is 2.41 bits per heavy atom. The van der Waals surface area contributed by atoms with E-state index < -0.39 is 0 Å². The van der Waals surface area contributed by atoms with Gasteiger partial charge in [-0.1, -0.05) is 10.4 Å². The minimum Gasteiger partial charge on any atom is -0.337 e.